The molecule has 1 saturated heterocycles. The minimum atomic E-state index is -0.962. The Balaban J connectivity index is 2.81. The van der Waals surface area contributed by atoms with Crippen LogP contribution in [0.2, 0.25) is 0 Å². The van der Waals surface area contributed by atoms with Crippen molar-refractivity contribution in [3.05, 3.63) is 0 Å². The second kappa shape index (κ2) is 4.18. The van der Waals surface area contributed by atoms with Crippen LogP contribution in [0.15, 0.2) is 0 Å². The van der Waals surface area contributed by atoms with Crippen LogP contribution >= 0.6 is 11.8 Å². The molecule has 1 fully saturated rings. The third kappa shape index (κ3) is 2.01. The molecule has 3 N–H and O–H groups in total. The normalized spacial score (nSPS) is 28.9. The Bertz CT molecular complexity index is 257. The first-order chi connectivity index (χ1) is 6.45. The van der Waals surface area contributed by atoms with Crippen molar-refractivity contribution in [1.29, 1.82) is 0 Å². The average Bonchev–Trinajstić information content (AvgIpc) is 2.45. The molecule has 0 radical (unpaired) electrons. The predicted molar refractivity (Wildman–Crippen MR) is 53.8 cm³/mol. The Morgan fingerprint density at radius 3 is 2.64 bits per heavy atom. The first-order valence-electron chi connectivity index (χ1n) is 4.37. The Morgan fingerprint density at radius 1 is 1.64 bits per heavy atom. The van der Waals surface area contributed by atoms with Crippen LogP contribution in [0.5, 0.6) is 0 Å². The van der Waals surface area contributed by atoms with Gasteiger partial charge in [-0.25, -0.2) is 4.79 Å². The minimum absolute atomic E-state index is 0.102. The number of thioether (sulfide) groups is 1. The van der Waals surface area contributed by atoms with Gasteiger partial charge >= 0.3 is 5.97 Å². The molecule has 0 aliphatic carbocycles. The molecule has 2 unspecified atom stereocenters. The van der Waals surface area contributed by atoms with Gasteiger partial charge in [-0.3, -0.25) is 4.79 Å². The number of rotatable bonds is 2. The van der Waals surface area contributed by atoms with Crippen LogP contribution in [0, 0.1) is 0 Å². The first kappa shape index (κ1) is 11.3. The summed E-state index contributed by atoms with van der Waals surface area (Å²) in [6.07, 6.45) is 0. The number of amides is 1. The molecule has 1 rings (SSSR count). The summed E-state index contributed by atoms with van der Waals surface area (Å²) in [4.78, 5) is 23.8. The second-order valence-corrected chi connectivity index (χ2v) is 4.67. The predicted octanol–water partition coefficient (Wildman–Crippen LogP) is -0.292. The SMILES string of the molecule is CC1SCC(C(=O)O)N1C(=O)[C@H](C)N. The molecule has 0 bridgehead atoms. The van der Waals surface area contributed by atoms with Crippen LogP contribution in [-0.4, -0.2) is 45.1 Å². The van der Waals surface area contributed by atoms with E-state index < -0.39 is 18.1 Å². The fraction of sp³-hybridized carbons (Fsp3) is 0.750. The summed E-state index contributed by atoms with van der Waals surface area (Å²) in [5.74, 6) is -0.819. The maximum atomic E-state index is 11.6. The average molecular weight is 218 g/mol. The van der Waals surface area contributed by atoms with E-state index in [1.165, 1.54) is 16.7 Å². The first-order valence-corrected chi connectivity index (χ1v) is 5.42. The zero-order chi connectivity index (χ0) is 10.9. The highest BCUT2D eigenvalue weighted by atomic mass is 32.2. The molecule has 1 aliphatic heterocycles. The van der Waals surface area contributed by atoms with Crippen molar-refractivity contribution in [3.8, 4) is 0 Å². The molecule has 5 nitrogen and oxygen atoms in total. The highest BCUT2D eigenvalue weighted by Crippen LogP contribution is 2.29. The summed E-state index contributed by atoms with van der Waals surface area (Å²) in [6.45, 7) is 3.38. The third-order valence-electron chi connectivity index (χ3n) is 2.15. The lowest BCUT2D eigenvalue weighted by molar-refractivity contribution is -0.149. The molecule has 0 aromatic carbocycles. The molecule has 80 valence electrons. The van der Waals surface area contributed by atoms with Gasteiger partial charge in [-0.15, -0.1) is 11.8 Å². The third-order valence-corrected chi connectivity index (χ3v) is 3.37. The summed E-state index contributed by atoms with van der Waals surface area (Å²) in [6, 6.07) is -1.37. The molecular formula is C8H14N2O3S. The van der Waals surface area contributed by atoms with Gasteiger partial charge in [-0.05, 0) is 13.8 Å². The van der Waals surface area contributed by atoms with Crippen molar-refractivity contribution in [3.63, 3.8) is 0 Å². The maximum Gasteiger partial charge on any atom is 0.327 e. The number of carboxylic acids is 1. The maximum absolute atomic E-state index is 11.6. The molecule has 14 heavy (non-hydrogen) atoms. The van der Waals surface area contributed by atoms with Gasteiger partial charge in [0.2, 0.25) is 5.91 Å². The number of carbonyl (C=O) groups is 2. The number of carboxylic acid groups (broad SMARTS) is 1. The van der Waals surface area contributed by atoms with Crippen LogP contribution in [0.3, 0.4) is 0 Å². The lowest BCUT2D eigenvalue weighted by atomic mass is 10.2. The quantitative estimate of drug-likeness (QED) is 0.665. The zero-order valence-corrected chi connectivity index (χ0v) is 8.95. The number of aliphatic carboxylic acids is 1. The molecule has 0 spiro atoms. The van der Waals surface area contributed by atoms with E-state index in [-0.39, 0.29) is 11.3 Å². The molecule has 0 aromatic heterocycles. The highest BCUT2D eigenvalue weighted by Gasteiger charge is 2.40. The molecule has 0 aromatic rings. The topological polar surface area (TPSA) is 83.6 Å². The summed E-state index contributed by atoms with van der Waals surface area (Å²) in [5.41, 5.74) is 5.45. The van der Waals surface area contributed by atoms with Gasteiger partial charge in [0.1, 0.15) is 6.04 Å². The van der Waals surface area contributed by atoms with Gasteiger partial charge in [-0.1, -0.05) is 0 Å². The lowest BCUT2D eigenvalue weighted by Crippen LogP contribution is -2.50. The van der Waals surface area contributed by atoms with Crippen LogP contribution in [-0.2, 0) is 9.59 Å². The fourth-order valence-electron chi connectivity index (χ4n) is 1.40. The van der Waals surface area contributed by atoms with Crippen LogP contribution in [0.1, 0.15) is 13.8 Å². The Kier molecular flexibility index (Phi) is 3.38. The standard InChI is InChI=1S/C8H14N2O3S/c1-4(9)7(11)10-5(2)14-3-6(10)8(12)13/h4-6H,3,9H2,1-2H3,(H,12,13)/t4-,5?,6?/m0/s1. The van der Waals surface area contributed by atoms with E-state index in [2.05, 4.69) is 0 Å². The van der Waals surface area contributed by atoms with Gasteiger partial charge in [0, 0.05) is 5.75 Å². The van der Waals surface area contributed by atoms with Crippen molar-refractivity contribution < 1.29 is 14.7 Å². The van der Waals surface area contributed by atoms with Crippen LogP contribution in [0.4, 0.5) is 0 Å². The Morgan fingerprint density at radius 2 is 2.21 bits per heavy atom. The molecule has 1 aliphatic rings. The number of nitrogens with two attached hydrogens (primary N) is 1. The molecule has 3 atom stereocenters. The van der Waals surface area contributed by atoms with Gasteiger partial charge in [0.05, 0.1) is 11.4 Å². The Labute approximate surface area is 86.6 Å². The molecule has 1 heterocycles. The van der Waals surface area contributed by atoms with Gasteiger partial charge in [0.15, 0.2) is 0 Å². The largest absolute Gasteiger partial charge is 0.480 e. The van der Waals surface area contributed by atoms with Gasteiger partial charge in [0.25, 0.3) is 0 Å². The Hall–Kier alpha value is -0.750. The van der Waals surface area contributed by atoms with E-state index in [1.54, 1.807) is 6.92 Å². The van der Waals surface area contributed by atoms with E-state index in [0.29, 0.717) is 5.75 Å². The summed E-state index contributed by atoms with van der Waals surface area (Å²) < 4.78 is 0. The number of carbonyl (C=O) groups excluding carboxylic acids is 1. The van der Waals surface area contributed by atoms with Crippen LogP contribution < -0.4 is 5.73 Å². The highest BCUT2D eigenvalue weighted by molar-refractivity contribution is 8.00. The smallest absolute Gasteiger partial charge is 0.327 e. The number of nitrogens with zero attached hydrogens (tertiary/aromatic N) is 1. The summed E-state index contributed by atoms with van der Waals surface area (Å²) in [7, 11) is 0. The van der Waals surface area contributed by atoms with E-state index in [0.717, 1.165) is 0 Å². The van der Waals surface area contributed by atoms with E-state index in [4.69, 9.17) is 10.8 Å². The van der Waals surface area contributed by atoms with Crippen molar-refractivity contribution in [1.82, 2.24) is 4.90 Å². The van der Waals surface area contributed by atoms with Crippen molar-refractivity contribution in [2.24, 2.45) is 5.73 Å². The molecule has 6 heteroatoms. The second-order valence-electron chi connectivity index (χ2n) is 3.32. The van der Waals surface area contributed by atoms with Crippen molar-refractivity contribution in [2.45, 2.75) is 31.3 Å². The van der Waals surface area contributed by atoms with Crippen molar-refractivity contribution >= 4 is 23.6 Å². The molecule has 1 amide bonds. The van der Waals surface area contributed by atoms with Crippen molar-refractivity contribution in [2.75, 3.05) is 5.75 Å². The molecule has 0 saturated carbocycles. The monoisotopic (exact) mass is 218 g/mol. The van der Waals surface area contributed by atoms with Gasteiger partial charge in [-0.2, -0.15) is 0 Å². The fourth-order valence-corrected chi connectivity index (χ4v) is 2.58. The van der Waals surface area contributed by atoms with E-state index in [1.807, 2.05) is 6.92 Å². The molecular weight excluding hydrogens is 204 g/mol. The zero-order valence-electron chi connectivity index (χ0n) is 8.14. The summed E-state index contributed by atoms with van der Waals surface area (Å²) >= 11 is 1.46. The lowest BCUT2D eigenvalue weighted by Gasteiger charge is -2.26. The minimum Gasteiger partial charge on any atom is -0.480 e. The number of hydrogen-bond acceptors (Lipinski definition) is 4. The number of hydrogen-bond donors (Lipinski definition) is 2. The summed E-state index contributed by atoms with van der Waals surface area (Å²) in [5, 5.41) is 8.78. The van der Waals surface area contributed by atoms with E-state index in [9.17, 15) is 9.59 Å². The van der Waals surface area contributed by atoms with Crippen LogP contribution in [0.25, 0.3) is 0 Å². The van der Waals surface area contributed by atoms with E-state index >= 15 is 0 Å². The van der Waals surface area contributed by atoms with Gasteiger partial charge < -0.3 is 15.7 Å².